The van der Waals surface area contributed by atoms with Gasteiger partial charge in [-0.2, -0.15) is 0 Å². The number of nitrogens with zero attached hydrogens (tertiary/aromatic N) is 1. The van der Waals surface area contributed by atoms with Gasteiger partial charge in [0.05, 0.1) is 7.11 Å². The number of esters is 1. The highest BCUT2D eigenvalue weighted by Gasteiger charge is 2.31. The molecule has 2 aromatic rings. The highest BCUT2D eigenvalue weighted by molar-refractivity contribution is 5.98. The van der Waals surface area contributed by atoms with Crippen LogP contribution in [0, 0.1) is 12.7 Å². The van der Waals surface area contributed by atoms with Crippen molar-refractivity contribution in [1.29, 1.82) is 0 Å². The first-order valence-electron chi connectivity index (χ1n) is 10.5. The lowest BCUT2D eigenvalue weighted by Gasteiger charge is -2.18. The third-order valence-electron chi connectivity index (χ3n) is 5.83. The van der Waals surface area contributed by atoms with E-state index in [-0.39, 0.29) is 42.6 Å². The van der Waals surface area contributed by atoms with Gasteiger partial charge in [0.2, 0.25) is 5.91 Å². The van der Waals surface area contributed by atoms with Gasteiger partial charge in [0.1, 0.15) is 29.5 Å². The number of phenolic OH excluding ortho intramolecular Hbond substituents is 1. The number of amides is 1. The van der Waals surface area contributed by atoms with E-state index in [1.165, 1.54) is 18.1 Å². The van der Waals surface area contributed by atoms with Crippen molar-refractivity contribution in [2.75, 3.05) is 14.2 Å². The van der Waals surface area contributed by atoms with Crippen LogP contribution in [0.4, 0.5) is 4.39 Å². The van der Waals surface area contributed by atoms with Crippen molar-refractivity contribution in [3.63, 3.8) is 0 Å². The quantitative estimate of drug-likeness (QED) is 0.484. The van der Waals surface area contributed by atoms with Crippen LogP contribution in [0.5, 0.6) is 11.5 Å². The number of aromatic hydroxyl groups is 1. The number of hydrogen-bond donors (Lipinski definition) is 1. The number of halogens is 1. The monoisotopic (exact) mass is 441 g/mol. The fraction of sp³-hybridized carbons (Fsp3) is 0.360. The van der Waals surface area contributed by atoms with E-state index < -0.39 is 5.97 Å². The van der Waals surface area contributed by atoms with Crippen LogP contribution in [0.25, 0.3) is 0 Å². The number of cyclic esters (lactones) is 1. The molecule has 0 bridgehead atoms. The van der Waals surface area contributed by atoms with Crippen molar-refractivity contribution in [2.24, 2.45) is 0 Å². The fourth-order valence-corrected chi connectivity index (χ4v) is 3.87. The molecule has 32 heavy (non-hydrogen) atoms. The van der Waals surface area contributed by atoms with Gasteiger partial charge in [-0.3, -0.25) is 4.79 Å². The maximum atomic E-state index is 13.8. The lowest BCUT2D eigenvalue weighted by molar-refractivity contribution is -0.130. The maximum absolute atomic E-state index is 13.8. The Kier molecular flexibility index (Phi) is 7.18. The summed E-state index contributed by atoms with van der Waals surface area (Å²) in [6.45, 7) is 4.08. The predicted molar refractivity (Wildman–Crippen MR) is 118 cm³/mol. The molecule has 0 spiro atoms. The SMILES string of the molecule is COc1c(C)c2c(c(O)c1C/C=C(/C)CCC(=O)N(C)Cc1ccccc1F)C(=O)OC2. The maximum Gasteiger partial charge on any atom is 0.342 e. The Bertz CT molecular complexity index is 1080. The number of benzene rings is 2. The molecule has 1 N–H and O–H groups in total. The van der Waals surface area contributed by atoms with Crippen LogP contribution in [0.2, 0.25) is 0 Å². The van der Waals surface area contributed by atoms with Crippen LogP contribution in [0.1, 0.15) is 52.4 Å². The molecule has 7 heteroatoms. The highest BCUT2D eigenvalue weighted by atomic mass is 19.1. The topological polar surface area (TPSA) is 76.1 Å². The van der Waals surface area contributed by atoms with Crippen molar-refractivity contribution >= 4 is 11.9 Å². The molecule has 0 aliphatic carbocycles. The van der Waals surface area contributed by atoms with Crippen LogP contribution < -0.4 is 4.74 Å². The van der Waals surface area contributed by atoms with E-state index in [0.29, 0.717) is 35.3 Å². The number of hydrogen-bond acceptors (Lipinski definition) is 5. The van der Waals surface area contributed by atoms with Crippen LogP contribution in [-0.2, 0) is 29.1 Å². The number of ether oxygens (including phenoxy) is 2. The standard InChI is InChI=1S/C25H28FNO5/c1-15(10-12-21(28)27(3)13-17-7-5-6-8-20(17)26)9-11-18-23(29)22-19(14-32-25(22)30)16(2)24(18)31-4/h5-9,29H,10-14H2,1-4H3/b15-9-. The molecule has 1 aliphatic heterocycles. The third-order valence-corrected chi connectivity index (χ3v) is 5.83. The third kappa shape index (κ3) is 4.77. The second kappa shape index (κ2) is 9.85. The Morgan fingerprint density at radius 1 is 1.31 bits per heavy atom. The normalized spacial score (nSPS) is 13.0. The van der Waals surface area contributed by atoms with Gasteiger partial charge in [0, 0.05) is 36.7 Å². The summed E-state index contributed by atoms with van der Waals surface area (Å²) in [5, 5.41) is 10.7. The van der Waals surface area contributed by atoms with Gasteiger partial charge in [-0.1, -0.05) is 29.8 Å². The molecule has 2 aromatic carbocycles. The van der Waals surface area contributed by atoms with Crippen molar-refractivity contribution < 1.29 is 28.6 Å². The minimum absolute atomic E-state index is 0.0856. The summed E-state index contributed by atoms with van der Waals surface area (Å²) in [6.07, 6.45) is 3.07. The summed E-state index contributed by atoms with van der Waals surface area (Å²) in [5.41, 5.74) is 3.58. The molecule has 170 valence electrons. The van der Waals surface area contributed by atoms with Gasteiger partial charge >= 0.3 is 5.97 Å². The predicted octanol–water partition coefficient (Wildman–Crippen LogP) is 4.45. The van der Waals surface area contributed by atoms with E-state index in [0.717, 1.165) is 11.1 Å². The first kappa shape index (κ1) is 23.3. The summed E-state index contributed by atoms with van der Waals surface area (Å²) < 4.78 is 24.4. The molecular weight excluding hydrogens is 413 g/mol. The zero-order valence-corrected chi connectivity index (χ0v) is 18.8. The Hall–Kier alpha value is -3.35. The van der Waals surface area contributed by atoms with E-state index in [4.69, 9.17) is 9.47 Å². The first-order chi connectivity index (χ1) is 15.2. The number of allylic oxidation sites excluding steroid dienone is 2. The molecule has 1 amide bonds. The number of carbonyl (C=O) groups is 2. The molecule has 0 fully saturated rings. The van der Waals surface area contributed by atoms with Crippen LogP contribution in [-0.4, -0.2) is 36.0 Å². The number of methoxy groups -OCH3 is 1. The van der Waals surface area contributed by atoms with Gasteiger partial charge in [-0.15, -0.1) is 0 Å². The van der Waals surface area contributed by atoms with Crippen molar-refractivity contribution in [3.05, 3.63) is 69.5 Å². The second-order valence-electron chi connectivity index (χ2n) is 8.01. The lowest BCUT2D eigenvalue weighted by Crippen LogP contribution is -2.26. The molecule has 0 unspecified atom stereocenters. The number of fused-ring (bicyclic) bond motifs is 1. The Labute approximate surface area is 187 Å². The highest BCUT2D eigenvalue weighted by Crippen LogP contribution is 2.42. The minimum Gasteiger partial charge on any atom is -0.507 e. The molecular formula is C25H28FNO5. The molecule has 0 atom stereocenters. The molecule has 0 saturated heterocycles. The summed E-state index contributed by atoms with van der Waals surface area (Å²) in [7, 11) is 3.18. The zero-order valence-electron chi connectivity index (χ0n) is 18.8. The summed E-state index contributed by atoms with van der Waals surface area (Å²) in [4.78, 5) is 26.0. The van der Waals surface area contributed by atoms with E-state index in [1.807, 2.05) is 19.9 Å². The number of rotatable bonds is 8. The van der Waals surface area contributed by atoms with E-state index in [1.54, 1.807) is 25.2 Å². The van der Waals surface area contributed by atoms with Gasteiger partial charge < -0.3 is 19.5 Å². The average Bonchev–Trinajstić information content (AvgIpc) is 3.17. The molecule has 0 saturated carbocycles. The molecule has 0 aromatic heterocycles. The van der Waals surface area contributed by atoms with Crippen molar-refractivity contribution in [2.45, 2.75) is 46.3 Å². The van der Waals surface area contributed by atoms with Gasteiger partial charge in [-0.05, 0) is 38.3 Å². The Morgan fingerprint density at radius 2 is 2.03 bits per heavy atom. The van der Waals surface area contributed by atoms with Crippen LogP contribution in [0.3, 0.4) is 0 Å². The number of carbonyl (C=O) groups excluding carboxylic acids is 2. The van der Waals surface area contributed by atoms with Gasteiger partial charge in [-0.25, -0.2) is 9.18 Å². The Morgan fingerprint density at radius 3 is 2.72 bits per heavy atom. The molecule has 0 radical (unpaired) electrons. The second-order valence-corrected chi connectivity index (χ2v) is 8.01. The summed E-state index contributed by atoms with van der Waals surface area (Å²) >= 11 is 0. The molecule has 3 rings (SSSR count). The van der Waals surface area contributed by atoms with Crippen molar-refractivity contribution in [3.8, 4) is 11.5 Å². The van der Waals surface area contributed by atoms with Crippen LogP contribution >= 0.6 is 0 Å². The van der Waals surface area contributed by atoms with Gasteiger partial charge in [0.25, 0.3) is 0 Å². The lowest BCUT2D eigenvalue weighted by atomic mass is 9.94. The first-order valence-corrected chi connectivity index (χ1v) is 10.5. The van der Waals surface area contributed by atoms with Gasteiger partial charge in [0.15, 0.2) is 0 Å². The van der Waals surface area contributed by atoms with Crippen LogP contribution in [0.15, 0.2) is 35.9 Å². The zero-order chi connectivity index (χ0) is 23.4. The largest absolute Gasteiger partial charge is 0.507 e. The van der Waals surface area contributed by atoms with E-state index >= 15 is 0 Å². The Balaban J connectivity index is 1.66. The fourth-order valence-electron chi connectivity index (χ4n) is 3.87. The minimum atomic E-state index is -0.534. The molecule has 1 heterocycles. The summed E-state index contributed by atoms with van der Waals surface area (Å²) in [6, 6.07) is 6.41. The molecule has 1 aliphatic rings. The van der Waals surface area contributed by atoms with Crippen molar-refractivity contribution in [1.82, 2.24) is 4.90 Å². The average molecular weight is 441 g/mol. The van der Waals surface area contributed by atoms with E-state index in [2.05, 4.69) is 0 Å². The molecule has 6 nitrogen and oxygen atoms in total. The number of phenols is 1. The van der Waals surface area contributed by atoms with E-state index in [9.17, 15) is 19.1 Å². The smallest absolute Gasteiger partial charge is 0.342 e. The summed E-state index contributed by atoms with van der Waals surface area (Å²) in [5.74, 6) is -0.532.